The molecule has 1 aromatic rings. The summed E-state index contributed by atoms with van der Waals surface area (Å²) in [4.78, 5) is 40.7. The predicted octanol–water partition coefficient (Wildman–Crippen LogP) is 3.28. The Morgan fingerprint density at radius 1 is 1.19 bits per heavy atom. The molecule has 1 aliphatic heterocycles. The van der Waals surface area contributed by atoms with Crippen molar-refractivity contribution in [2.45, 2.75) is 46.5 Å². The summed E-state index contributed by atoms with van der Waals surface area (Å²) >= 11 is 1.36. The smallest absolute Gasteiger partial charge is 0.251 e. The number of rotatable bonds is 4. The summed E-state index contributed by atoms with van der Waals surface area (Å²) in [6, 6.07) is 1.75. The zero-order chi connectivity index (χ0) is 18.7. The Bertz CT molecular complexity index is 817. The molecular formula is C20H24N2O3S. The summed E-state index contributed by atoms with van der Waals surface area (Å²) in [7, 11) is 0. The van der Waals surface area contributed by atoms with Gasteiger partial charge in [-0.2, -0.15) is 0 Å². The zero-order valence-corrected chi connectivity index (χ0v) is 16.2. The molecule has 6 heteroatoms. The van der Waals surface area contributed by atoms with Crippen LogP contribution in [0.15, 0.2) is 17.2 Å². The average Bonchev–Trinajstić information content (AvgIpc) is 3.29. The molecule has 1 saturated heterocycles. The highest BCUT2D eigenvalue weighted by Crippen LogP contribution is 2.60. The second-order valence-corrected chi connectivity index (χ2v) is 8.97. The van der Waals surface area contributed by atoms with Crippen molar-refractivity contribution in [3.05, 3.63) is 27.7 Å². The van der Waals surface area contributed by atoms with Crippen LogP contribution < -0.4 is 10.6 Å². The minimum atomic E-state index is -0.579. The van der Waals surface area contributed by atoms with Crippen LogP contribution in [0.2, 0.25) is 0 Å². The Kier molecular flexibility index (Phi) is 4.06. The van der Waals surface area contributed by atoms with Crippen molar-refractivity contribution in [1.82, 2.24) is 0 Å². The zero-order valence-electron chi connectivity index (χ0n) is 15.4. The number of hydrogen-bond donors (Lipinski definition) is 1. The third kappa shape index (κ3) is 2.24. The second kappa shape index (κ2) is 6.05. The minimum absolute atomic E-state index is 0.140. The molecule has 2 saturated carbocycles. The third-order valence-electron chi connectivity index (χ3n) is 6.16. The number of primary amides is 1. The molecule has 138 valence electrons. The van der Waals surface area contributed by atoms with Crippen LogP contribution in [0.5, 0.6) is 0 Å². The number of allylic oxidation sites excluding steroid dienone is 2. The first-order chi connectivity index (χ1) is 12.4. The molecule has 2 bridgehead atoms. The van der Waals surface area contributed by atoms with Gasteiger partial charge in [-0.05, 0) is 51.0 Å². The molecule has 3 fully saturated rings. The van der Waals surface area contributed by atoms with Gasteiger partial charge in [0.25, 0.3) is 5.91 Å². The number of thiophene rings is 1. The molecule has 0 radical (unpaired) electrons. The lowest BCUT2D eigenvalue weighted by atomic mass is 9.81. The molecular weight excluding hydrogens is 348 g/mol. The highest BCUT2D eigenvalue weighted by Gasteiger charge is 2.64. The summed E-state index contributed by atoms with van der Waals surface area (Å²) in [5, 5.41) is 0.434. The van der Waals surface area contributed by atoms with Gasteiger partial charge in [-0.1, -0.05) is 24.5 Å². The van der Waals surface area contributed by atoms with E-state index in [2.05, 4.69) is 20.8 Å². The summed E-state index contributed by atoms with van der Waals surface area (Å²) in [5.41, 5.74) is 8.42. The number of anilines is 1. The Balaban J connectivity index is 1.76. The molecule has 4 rings (SSSR count). The van der Waals surface area contributed by atoms with Crippen molar-refractivity contribution < 1.29 is 14.4 Å². The predicted molar refractivity (Wildman–Crippen MR) is 101 cm³/mol. The van der Waals surface area contributed by atoms with Crippen LogP contribution in [0.25, 0.3) is 0 Å². The maximum atomic E-state index is 13.2. The van der Waals surface area contributed by atoms with E-state index in [0.29, 0.717) is 10.6 Å². The van der Waals surface area contributed by atoms with E-state index in [9.17, 15) is 14.4 Å². The van der Waals surface area contributed by atoms with Gasteiger partial charge in [-0.15, -0.1) is 11.3 Å². The van der Waals surface area contributed by atoms with Crippen molar-refractivity contribution in [1.29, 1.82) is 0 Å². The van der Waals surface area contributed by atoms with Crippen LogP contribution in [0.1, 0.15) is 55.3 Å². The van der Waals surface area contributed by atoms with Crippen LogP contribution in [0, 0.1) is 23.7 Å². The van der Waals surface area contributed by atoms with Crippen molar-refractivity contribution in [2.24, 2.45) is 29.4 Å². The van der Waals surface area contributed by atoms with Crippen molar-refractivity contribution in [2.75, 3.05) is 4.90 Å². The maximum absolute atomic E-state index is 13.2. The highest BCUT2D eigenvalue weighted by molar-refractivity contribution is 7.17. The van der Waals surface area contributed by atoms with E-state index in [1.54, 1.807) is 6.07 Å². The summed E-state index contributed by atoms with van der Waals surface area (Å²) < 4.78 is 0. The number of carbonyl (C=O) groups excluding carboxylic acids is 3. The first-order valence-corrected chi connectivity index (χ1v) is 10.2. The maximum Gasteiger partial charge on any atom is 0.251 e. The van der Waals surface area contributed by atoms with Crippen molar-refractivity contribution in [3.63, 3.8) is 0 Å². The molecule has 0 unspecified atom stereocenters. The molecule has 0 aromatic carbocycles. The van der Waals surface area contributed by atoms with Gasteiger partial charge in [0, 0.05) is 4.88 Å². The van der Waals surface area contributed by atoms with Gasteiger partial charge in [0.1, 0.15) is 5.00 Å². The molecule has 26 heavy (non-hydrogen) atoms. The fourth-order valence-electron chi connectivity index (χ4n) is 5.34. The molecule has 4 atom stereocenters. The number of hydrogen-bond acceptors (Lipinski definition) is 4. The molecule has 5 nitrogen and oxygen atoms in total. The Hall–Kier alpha value is -1.95. The van der Waals surface area contributed by atoms with Gasteiger partial charge in [0.2, 0.25) is 11.8 Å². The number of imide groups is 1. The van der Waals surface area contributed by atoms with Gasteiger partial charge in [-0.25, -0.2) is 4.90 Å². The van der Waals surface area contributed by atoms with Gasteiger partial charge in [-0.3, -0.25) is 14.4 Å². The number of carbonyl (C=O) groups is 3. The van der Waals surface area contributed by atoms with Crippen molar-refractivity contribution in [3.8, 4) is 0 Å². The number of amides is 3. The van der Waals surface area contributed by atoms with E-state index in [0.717, 1.165) is 30.6 Å². The quantitative estimate of drug-likeness (QED) is 0.650. The van der Waals surface area contributed by atoms with Crippen LogP contribution in [0.4, 0.5) is 5.00 Å². The SMILES string of the molecule is CCCc1cc(C(N)=O)c(N2C(=O)[C@@H]3[C@@H](C2=O)[C@H]2CC[C@H]3C2=C(C)C)s1. The summed E-state index contributed by atoms with van der Waals surface area (Å²) in [5.74, 6) is -1.01. The van der Waals surface area contributed by atoms with Gasteiger partial charge in [0.15, 0.2) is 0 Å². The van der Waals surface area contributed by atoms with Gasteiger partial charge < -0.3 is 5.73 Å². The molecule has 3 aliphatic rings. The monoisotopic (exact) mass is 372 g/mol. The fourth-order valence-corrected chi connectivity index (χ4v) is 6.61. The van der Waals surface area contributed by atoms with E-state index >= 15 is 0 Å². The first-order valence-electron chi connectivity index (χ1n) is 9.34. The Morgan fingerprint density at radius 2 is 1.77 bits per heavy atom. The topological polar surface area (TPSA) is 80.5 Å². The van der Waals surface area contributed by atoms with Crippen LogP contribution in [-0.4, -0.2) is 17.7 Å². The largest absolute Gasteiger partial charge is 0.366 e. The van der Waals surface area contributed by atoms with Crippen molar-refractivity contribution >= 4 is 34.1 Å². The molecule has 2 aliphatic carbocycles. The Labute approximate surface area is 157 Å². The minimum Gasteiger partial charge on any atom is -0.366 e. The lowest BCUT2D eigenvalue weighted by molar-refractivity contribution is -0.122. The summed E-state index contributed by atoms with van der Waals surface area (Å²) in [6.45, 7) is 6.21. The second-order valence-electron chi connectivity index (χ2n) is 7.85. The molecule has 1 aromatic heterocycles. The van der Waals surface area contributed by atoms with Crippen LogP contribution in [0.3, 0.4) is 0 Å². The van der Waals surface area contributed by atoms with Gasteiger partial charge in [0.05, 0.1) is 17.4 Å². The van der Waals surface area contributed by atoms with E-state index in [1.165, 1.54) is 27.4 Å². The highest BCUT2D eigenvalue weighted by atomic mass is 32.1. The molecule has 0 spiro atoms. The van der Waals surface area contributed by atoms with E-state index in [1.807, 2.05) is 0 Å². The van der Waals surface area contributed by atoms with Gasteiger partial charge >= 0.3 is 0 Å². The van der Waals surface area contributed by atoms with E-state index in [4.69, 9.17) is 5.73 Å². The van der Waals surface area contributed by atoms with Crippen LogP contribution >= 0.6 is 11.3 Å². The number of nitrogens with two attached hydrogens (primary N) is 1. The molecule has 2 N–H and O–H groups in total. The lowest BCUT2D eigenvalue weighted by Gasteiger charge is -2.18. The third-order valence-corrected chi connectivity index (χ3v) is 7.34. The average molecular weight is 372 g/mol. The molecule has 2 heterocycles. The first kappa shape index (κ1) is 17.5. The molecule has 3 amide bonds. The number of fused-ring (bicyclic) bond motifs is 5. The lowest BCUT2D eigenvalue weighted by Crippen LogP contribution is -2.34. The van der Waals surface area contributed by atoms with E-state index in [-0.39, 0.29) is 35.5 Å². The number of aryl methyl sites for hydroxylation is 1. The van der Waals surface area contributed by atoms with Crippen LogP contribution in [-0.2, 0) is 16.0 Å². The number of nitrogens with zero attached hydrogens (tertiary/aromatic N) is 1. The summed E-state index contributed by atoms with van der Waals surface area (Å²) in [6.07, 6.45) is 3.70. The Morgan fingerprint density at radius 3 is 2.23 bits per heavy atom. The normalized spacial score (nSPS) is 29.7. The standard InChI is InChI=1S/C20H24N2O3S/c1-4-5-10-8-13(17(21)23)20(26-10)22-18(24)15-11-6-7-12(14(11)9(2)3)16(15)19(22)25/h8,11-12,15-16H,4-7H2,1-3H3,(H2,21,23)/t11-,12-,15-,16-/m0/s1. The van der Waals surface area contributed by atoms with E-state index < -0.39 is 5.91 Å². The fraction of sp³-hybridized carbons (Fsp3) is 0.550.